The molecule has 0 radical (unpaired) electrons. The Kier molecular flexibility index (Phi) is 20.4. The standard InChI is InChI=1S/C24H41O7P/c1-2-3-4-5-6-7-8-9-10-11-12-13-14-15-16-17-18-19-20-24(26)30-21-23(25)22-31-32(27,28)29/h6-7,9-10,12-13,15-16,23,25H,2-5,8,11,14,17-22H2,1H3,(H2,27,28,29)/b7-6-,10-9-,13-12-,16-15-/t23-/m1/s1. The molecule has 0 aromatic heterocycles. The van der Waals surface area contributed by atoms with Crippen molar-refractivity contribution in [2.45, 2.75) is 83.7 Å². The SMILES string of the molecule is CCCCC/C=C\C/C=C\C/C=C\C/C=C\CCCCC(=O)OC[C@@H](O)COP(=O)(O)O. The van der Waals surface area contributed by atoms with Crippen LogP contribution in [-0.2, 0) is 18.6 Å². The first-order valence-electron chi connectivity index (χ1n) is 11.5. The molecule has 184 valence electrons. The number of unbranched alkanes of at least 4 members (excludes halogenated alkanes) is 5. The number of allylic oxidation sites excluding steroid dienone is 8. The Bertz CT molecular complexity index is 620. The largest absolute Gasteiger partial charge is 0.469 e. The summed E-state index contributed by atoms with van der Waals surface area (Å²) in [6, 6.07) is 0. The molecule has 32 heavy (non-hydrogen) atoms. The third-order valence-corrected chi connectivity index (χ3v) is 4.82. The fourth-order valence-electron chi connectivity index (χ4n) is 2.59. The molecule has 0 unspecified atom stereocenters. The van der Waals surface area contributed by atoms with Gasteiger partial charge in [0.1, 0.15) is 12.7 Å². The maximum Gasteiger partial charge on any atom is 0.469 e. The van der Waals surface area contributed by atoms with E-state index in [-0.39, 0.29) is 13.0 Å². The van der Waals surface area contributed by atoms with Crippen molar-refractivity contribution in [2.75, 3.05) is 13.2 Å². The summed E-state index contributed by atoms with van der Waals surface area (Å²) < 4.78 is 19.5. The maximum absolute atomic E-state index is 11.6. The molecule has 7 nitrogen and oxygen atoms in total. The lowest BCUT2D eigenvalue weighted by Crippen LogP contribution is -2.23. The van der Waals surface area contributed by atoms with Crippen LogP contribution in [-0.4, -0.2) is 40.2 Å². The van der Waals surface area contributed by atoms with Crippen LogP contribution in [0.1, 0.15) is 77.6 Å². The predicted octanol–water partition coefficient (Wildman–Crippen LogP) is 5.54. The zero-order valence-electron chi connectivity index (χ0n) is 19.3. The number of aliphatic hydroxyl groups is 1. The highest BCUT2D eigenvalue weighted by Crippen LogP contribution is 2.35. The fourth-order valence-corrected chi connectivity index (χ4v) is 2.95. The molecule has 0 saturated carbocycles. The Morgan fingerprint density at radius 2 is 1.31 bits per heavy atom. The highest BCUT2D eigenvalue weighted by atomic mass is 31.2. The second-order valence-corrected chi connectivity index (χ2v) is 8.70. The Hall–Kier alpha value is -1.50. The van der Waals surface area contributed by atoms with Crippen LogP contribution in [0.4, 0.5) is 0 Å². The molecule has 0 aromatic rings. The second kappa shape index (κ2) is 21.4. The van der Waals surface area contributed by atoms with Gasteiger partial charge in [0.2, 0.25) is 0 Å². The van der Waals surface area contributed by atoms with Crippen molar-refractivity contribution in [3.8, 4) is 0 Å². The van der Waals surface area contributed by atoms with E-state index in [1.807, 2.05) is 0 Å². The first-order chi connectivity index (χ1) is 15.3. The van der Waals surface area contributed by atoms with E-state index in [9.17, 15) is 14.5 Å². The Morgan fingerprint density at radius 3 is 1.81 bits per heavy atom. The molecule has 0 amide bonds. The van der Waals surface area contributed by atoms with E-state index in [1.54, 1.807) is 0 Å². The van der Waals surface area contributed by atoms with Crippen molar-refractivity contribution in [3.63, 3.8) is 0 Å². The Balaban J connectivity index is 3.57. The van der Waals surface area contributed by atoms with Crippen molar-refractivity contribution < 1.29 is 33.5 Å². The summed E-state index contributed by atoms with van der Waals surface area (Å²) in [6.07, 6.45) is 26.6. The molecule has 0 bridgehead atoms. The van der Waals surface area contributed by atoms with E-state index >= 15 is 0 Å². The quantitative estimate of drug-likeness (QED) is 0.0923. The van der Waals surface area contributed by atoms with Crippen molar-refractivity contribution in [1.29, 1.82) is 0 Å². The van der Waals surface area contributed by atoms with Crippen LogP contribution in [0.25, 0.3) is 0 Å². The molecule has 8 heteroatoms. The van der Waals surface area contributed by atoms with E-state index < -0.39 is 26.5 Å². The lowest BCUT2D eigenvalue weighted by Gasteiger charge is -2.12. The van der Waals surface area contributed by atoms with Gasteiger partial charge in [0, 0.05) is 6.42 Å². The molecule has 0 aliphatic heterocycles. The first kappa shape index (κ1) is 30.5. The van der Waals surface area contributed by atoms with Crippen LogP contribution in [0, 0.1) is 0 Å². The van der Waals surface area contributed by atoms with E-state index in [0.717, 1.165) is 32.1 Å². The minimum absolute atomic E-state index is 0.236. The van der Waals surface area contributed by atoms with Gasteiger partial charge in [0.15, 0.2) is 0 Å². The predicted molar refractivity (Wildman–Crippen MR) is 128 cm³/mol. The molecule has 0 spiro atoms. The number of carbonyl (C=O) groups is 1. The van der Waals surface area contributed by atoms with Crippen LogP contribution in [0.2, 0.25) is 0 Å². The van der Waals surface area contributed by atoms with Gasteiger partial charge in [0.25, 0.3) is 0 Å². The topological polar surface area (TPSA) is 113 Å². The van der Waals surface area contributed by atoms with Crippen LogP contribution >= 0.6 is 7.82 Å². The van der Waals surface area contributed by atoms with Crippen molar-refractivity contribution in [2.24, 2.45) is 0 Å². The third-order valence-electron chi connectivity index (χ3n) is 4.33. The fraction of sp³-hybridized carbons (Fsp3) is 0.625. The monoisotopic (exact) mass is 472 g/mol. The van der Waals surface area contributed by atoms with E-state index in [0.29, 0.717) is 6.42 Å². The molecular weight excluding hydrogens is 431 g/mol. The van der Waals surface area contributed by atoms with Gasteiger partial charge in [-0.2, -0.15) is 0 Å². The summed E-state index contributed by atoms with van der Waals surface area (Å²) in [7, 11) is -4.63. The van der Waals surface area contributed by atoms with Crippen LogP contribution < -0.4 is 0 Å². The maximum atomic E-state index is 11.6. The number of aliphatic hydroxyl groups excluding tert-OH is 1. The first-order valence-corrected chi connectivity index (χ1v) is 13.0. The van der Waals surface area contributed by atoms with Crippen LogP contribution in [0.5, 0.6) is 0 Å². The van der Waals surface area contributed by atoms with Crippen LogP contribution in [0.3, 0.4) is 0 Å². The van der Waals surface area contributed by atoms with Gasteiger partial charge in [-0.05, 0) is 51.4 Å². The normalized spacial score (nSPS) is 13.8. The number of rotatable bonds is 20. The molecular formula is C24H41O7P. The molecule has 3 N–H and O–H groups in total. The van der Waals surface area contributed by atoms with Gasteiger partial charge in [-0.15, -0.1) is 0 Å². The third kappa shape index (κ3) is 24.8. The molecule has 0 saturated heterocycles. The number of carbonyl (C=O) groups excluding carboxylic acids is 1. The second-order valence-electron chi connectivity index (χ2n) is 7.46. The number of ether oxygens (including phenoxy) is 1. The van der Waals surface area contributed by atoms with Gasteiger partial charge in [-0.3, -0.25) is 9.32 Å². The summed E-state index contributed by atoms with van der Waals surface area (Å²) in [6.45, 7) is 1.27. The van der Waals surface area contributed by atoms with E-state index in [1.165, 1.54) is 25.7 Å². The van der Waals surface area contributed by atoms with E-state index in [4.69, 9.17) is 14.5 Å². The minimum atomic E-state index is -4.63. The number of hydrogen-bond donors (Lipinski definition) is 3. The molecule has 1 atom stereocenters. The lowest BCUT2D eigenvalue weighted by atomic mass is 10.2. The molecule has 0 fully saturated rings. The Morgan fingerprint density at radius 1 is 0.812 bits per heavy atom. The molecule has 0 aliphatic rings. The smallest absolute Gasteiger partial charge is 0.463 e. The van der Waals surface area contributed by atoms with Crippen LogP contribution in [0.15, 0.2) is 48.6 Å². The number of phosphoric ester groups is 1. The summed E-state index contributed by atoms with van der Waals surface area (Å²) in [5.74, 6) is -0.452. The number of phosphoric acid groups is 1. The number of esters is 1. The molecule has 0 rings (SSSR count). The number of hydrogen-bond acceptors (Lipinski definition) is 5. The summed E-state index contributed by atoms with van der Waals surface area (Å²) in [5.41, 5.74) is 0. The van der Waals surface area contributed by atoms with Gasteiger partial charge in [-0.1, -0.05) is 68.4 Å². The van der Waals surface area contributed by atoms with Crippen molar-refractivity contribution in [3.05, 3.63) is 48.6 Å². The zero-order valence-corrected chi connectivity index (χ0v) is 20.2. The lowest BCUT2D eigenvalue weighted by molar-refractivity contribution is -0.147. The molecule has 0 aromatic carbocycles. The van der Waals surface area contributed by atoms with Gasteiger partial charge < -0.3 is 19.6 Å². The summed E-state index contributed by atoms with van der Waals surface area (Å²) in [5, 5.41) is 9.42. The van der Waals surface area contributed by atoms with Gasteiger partial charge >= 0.3 is 13.8 Å². The molecule has 0 heterocycles. The zero-order chi connectivity index (χ0) is 23.9. The van der Waals surface area contributed by atoms with Gasteiger partial charge in [-0.25, -0.2) is 4.57 Å². The minimum Gasteiger partial charge on any atom is -0.463 e. The highest BCUT2D eigenvalue weighted by molar-refractivity contribution is 7.46. The highest BCUT2D eigenvalue weighted by Gasteiger charge is 2.17. The van der Waals surface area contributed by atoms with Crippen molar-refractivity contribution >= 4 is 13.8 Å². The molecule has 0 aliphatic carbocycles. The average Bonchev–Trinajstić information content (AvgIpc) is 2.75. The van der Waals surface area contributed by atoms with E-state index in [2.05, 4.69) is 60.1 Å². The summed E-state index contributed by atoms with van der Waals surface area (Å²) >= 11 is 0. The van der Waals surface area contributed by atoms with Crippen molar-refractivity contribution in [1.82, 2.24) is 0 Å². The average molecular weight is 473 g/mol. The van der Waals surface area contributed by atoms with Gasteiger partial charge in [0.05, 0.1) is 6.61 Å². The summed E-state index contributed by atoms with van der Waals surface area (Å²) in [4.78, 5) is 28.6. The Labute approximate surface area is 193 Å².